The van der Waals surface area contributed by atoms with Crippen molar-refractivity contribution in [2.75, 3.05) is 6.61 Å². The van der Waals surface area contributed by atoms with Gasteiger partial charge in [-0.2, -0.15) is 5.10 Å². The number of nitrogens with one attached hydrogen (secondary N) is 1. The summed E-state index contributed by atoms with van der Waals surface area (Å²) in [5.41, 5.74) is 4.69. The lowest BCUT2D eigenvalue weighted by atomic mass is 10.0. The lowest BCUT2D eigenvalue weighted by Gasteiger charge is -2.06. The van der Waals surface area contributed by atoms with E-state index in [1.165, 1.54) is 5.56 Å². The number of amides is 1. The van der Waals surface area contributed by atoms with E-state index in [0.29, 0.717) is 11.7 Å². The topological polar surface area (TPSA) is 50.7 Å². The quantitative estimate of drug-likeness (QED) is 0.528. The second-order valence-corrected chi connectivity index (χ2v) is 6.41. The van der Waals surface area contributed by atoms with Gasteiger partial charge in [0.2, 0.25) is 0 Å². The number of carbonyl (C=O) groups excluding carboxylic acids is 1. The Morgan fingerprint density at radius 1 is 1.04 bits per heavy atom. The summed E-state index contributed by atoms with van der Waals surface area (Å²) >= 11 is 0. The molecule has 4 heteroatoms. The lowest BCUT2D eigenvalue weighted by Crippen LogP contribution is -2.24. The van der Waals surface area contributed by atoms with Crippen molar-refractivity contribution in [3.8, 4) is 5.75 Å². The number of hydrogen-bond acceptors (Lipinski definition) is 3. The molecule has 0 radical (unpaired) electrons. The second kappa shape index (κ2) is 8.30. The van der Waals surface area contributed by atoms with Crippen molar-refractivity contribution in [1.82, 2.24) is 5.43 Å². The maximum Gasteiger partial charge on any atom is 0.277 e. The molecule has 0 spiro atoms. The minimum absolute atomic E-state index is 0.0814. The molecule has 0 saturated carbocycles. The summed E-state index contributed by atoms with van der Waals surface area (Å²) in [6.07, 6.45) is 1.62. The van der Waals surface area contributed by atoms with E-state index < -0.39 is 0 Å². The summed E-state index contributed by atoms with van der Waals surface area (Å²) in [4.78, 5) is 11.9. The van der Waals surface area contributed by atoms with Gasteiger partial charge in [0.15, 0.2) is 6.61 Å². The first-order valence-electron chi connectivity index (χ1n) is 8.65. The molecule has 4 nitrogen and oxygen atoms in total. The van der Waals surface area contributed by atoms with E-state index in [9.17, 15) is 4.79 Å². The van der Waals surface area contributed by atoms with Crippen LogP contribution in [0.3, 0.4) is 0 Å². The normalized spacial score (nSPS) is 11.2. The van der Waals surface area contributed by atoms with E-state index in [1.54, 1.807) is 6.21 Å². The first kappa shape index (κ1) is 17.7. The van der Waals surface area contributed by atoms with Crippen LogP contribution in [0.1, 0.15) is 30.9 Å². The van der Waals surface area contributed by atoms with Gasteiger partial charge in [-0.3, -0.25) is 4.79 Å². The van der Waals surface area contributed by atoms with Crippen molar-refractivity contribution in [2.24, 2.45) is 5.10 Å². The van der Waals surface area contributed by atoms with Gasteiger partial charge in [-0.05, 0) is 39.9 Å². The highest BCUT2D eigenvalue weighted by Crippen LogP contribution is 2.20. The highest BCUT2D eigenvalue weighted by atomic mass is 16.5. The van der Waals surface area contributed by atoms with Crippen LogP contribution in [0.2, 0.25) is 0 Å². The molecule has 3 rings (SSSR count). The lowest BCUT2D eigenvalue weighted by molar-refractivity contribution is -0.123. The Labute approximate surface area is 153 Å². The molecule has 26 heavy (non-hydrogen) atoms. The molecule has 0 atom stereocenters. The second-order valence-electron chi connectivity index (χ2n) is 6.41. The zero-order valence-corrected chi connectivity index (χ0v) is 15.0. The molecule has 0 aliphatic rings. The van der Waals surface area contributed by atoms with Crippen molar-refractivity contribution in [3.63, 3.8) is 0 Å². The zero-order valence-electron chi connectivity index (χ0n) is 15.0. The van der Waals surface area contributed by atoms with Crippen LogP contribution >= 0.6 is 0 Å². The Kier molecular flexibility index (Phi) is 5.64. The van der Waals surface area contributed by atoms with Crippen LogP contribution in [0.4, 0.5) is 0 Å². The van der Waals surface area contributed by atoms with Gasteiger partial charge in [0.05, 0.1) is 6.21 Å². The van der Waals surface area contributed by atoms with Crippen LogP contribution in [-0.4, -0.2) is 18.7 Å². The summed E-state index contributed by atoms with van der Waals surface area (Å²) in [6, 6.07) is 21.9. The van der Waals surface area contributed by atoms with Crippen LogP contribution in [0.5, 0.6) is 5.75 Å². The Bertz CT molecular complexity index is 915. The van der Waals surface area contributed by atoms with E-state index in [2.05, 4.69) is 36.5 Å². The van der Waals surface area contributed by atoms with Crippen molar-refractivity contribution in [1.29, 1.82) is 0 Å². The molecule has 0 unspecified atom stereocenters. The van der Waals surface area contributed by atoms with E-state index in [0.717, 1.165) is 16.3 Å². The van der Waals surface area contributed by atoms with Gasteiger partial charge in [-0.15, -0.1) is 0 Å². The van der Waals surface area contributed by atoms with Gasteiger partial charge >= 0.3 is 0 Å². The van der Waals surface area contributed by atoms with Crippen LogP contribution in [0.15, 0.2) is 71.8 Å². The number of carbonyl (C=O) groups is 1. The molecule has 0 aliphatic carbocycles. The van der Waals surface area contributed by atoms with E-state index in [4.69, 9.17) is 4.74 Å². The highest BCUT2D eigenvalue weighted by molar-refractivity contribution is 5.84. The van der Waals surface area contributed by atoms with Gasteiger partial charge < -0.3 is 4.74 Å². The molecule has 3 aromatic rings. The van der Waals surface area contributed by atoms with E-state index >= 15 is 0 Å². The predicted octanol–water partition coefficient (Wildman–Crippen LogP) is 4.49. The number of ether oxygens (including phenoxy) is 1. The molecule has 0 saturated heterocycles. The summed E-state index contributed by atoms with van der Waals surface area (Å²) < 4.78 is 5.53. The summed E-state index contributed by atoms with van der Waals surface area (Å²) in [5.74, 6) is 0.855. The number of benzene rings is 3. The molecule has 0 fully saturated rings. The average Bonchev–Trinajstić information content (AvgIpc) is 2.66. The fraction of sp³-hybridized carbons (Fsp3) is 0.182. The largest absolute Gasteiger partial charge is 0.484 e. The van der Waals surface area contributed by atoms with Crippen LogP contribution < -0.4 is 10.2 Å². The van der Waals surface area contributed by atoms with Gasteiger partial charge in [0.1, 0.15) is 5.75 Å². The van der Waals surface area contributed by atoms with E-state index in [1.807, 2.05) is 54.6 Å². The Balaban J connectivity index is 1.50. The molecule has 0 heterocycles. The summed E-state index contributed by atoms with van der Waals surface area (Å²) in [5, 5.41) is 6.19. The number of nitrogens with zero attached hydrogens (tertiary/aromatic N) is 1. The average molecular weight is 346 g/mol. The smallest absolute Gasteiger partial charge is 0.277 e. The number of fused-ring (bicyclic) bond motifs is 1. The van der Waals surface area contributed by atoms with E-state index in [-0.39, 0.29) is 12.5 Å². The third-order valence-electron chi connectivity index (χ3n) is 4.10. The minimum Gasteiger partial charge on any atom is -0.484 e. The van der Waals surface area contributed by atoms with Crippen LogP contribution in [0, 0.1) is 0 Å². The molecule has 132 valence electrons. The first-order valence-corrected chi connectivity index (χ1v) is 8.65. The molecule has 1 amide bonds. The minimum atomic E-state index is -0.298. The monoisotopic (exact) mass is 346 g/mol. The van der Waals surface area contributed by atoms with Crippen molar-refractivity contribution >= 4 is 22.9 Å². The fourth-order valence-electron chi connectivity index (χ4n) is 2.58. The first-order chi connectivity index (χ1) is 12.6. The number of hydrogen-bond donors (Lipinski definition) is 1. The summed E-state index contributed by atoms with van der Waals surface area (Å²) in [6.45, 7) is 4.22. The predicted molar refractivity (Wildman–Crippen MR) is 106 cm³/mol. The molecular weight excluding hydrogens is 324 g/mol. The third-order valence-corrected chi connectivity index (χ3v) is 4.10. The highest BCUT2D eigenvalue weighted by Gasteiger charge is 2.03. The zero-order chi connectivity index (χ0) is 18.4. The maximum atomic E-state index is 11.9. The third kappa shape index (κ3) is 4.70. The van der Waals surface area contributed by atoms with Crippen LogP contribution in [0.25, 0.3) is 10.8 Å². The molecule has 0 aromatic heterocycles. The van der Waals surface area contributed by atoms with Gasteiger partial charge in [-0.1, -0.05) is 68.4 Å². The number of rotatable bonds is 6. The number of hydrazone groups is 1. The van der Waals surface area contributed by atoms with Gasteiger partial charge in [0, 0.05) is 0 Å². The van der Waals surface area contributed by atoms with Gasteiger partial charge in [-0.25, -0.2) is 5.43 Å². The fourth-order valence-corrected chi connectivity index (χ4v) is 2.58. The Morgan fingerprint density at radius 2 is 1.77 bits per heavy atom. The Hall–Kier alpha value is -3.14. The molecule has 1 N–H and O–H groups in total. The van der Waals surface area contributed by atoms with Crippen molar-refractivity contribution in [2.45, 2.75) is 19.8 Å². The summed E-state index contributed by atoms with van der Waals surface area (Å²) in [7, 11) is 0. The SMILES string of the molecule is CC(C)c1ccc(/C=N\NC(=O)COc2ccc3ccccc3c2)cc1. The van der Waals surface area contributed by atoms with Crippen molar-refractivity contribution < 1.29 is 9.53 Å². The van der Waals surface area contributed by atoms with Crippen molar-refractivity contribution in [3.05, 3.63) is 77.9 Å². The standard InChI is InChI=1S/C22H22N2O2/c1-16(2)18-9-7-17(8-10-18)14-23-24-22(25)15-26-21-12-11-19-5-3-4-6-20(19)13-21/h3-14,16H,15H2,1-2H3,(H,24,25)/b23-14-. The van der Waals surface area contributed by atoms with Gasteiger partial charge in [0.25, 0.3) is 5.91 Å². The van der Waals surface area contributed by atoms with Crippen LogP contribution in [-0.2, 0) is 4.79 Å². The molecule has 3 aromatic carbocycles. The molecule has 0 aliphatic heterocycles. The maximum absolute atomic E-state index is 11.9. The molecule has 0 bridgehead atoms. The molecular formula is C22H22N2O2. The Morgan fingerprint density at radius 3 is 2.50 bits per heavy atom.